The molecule has 0 bridgehead atoms. The Morgan fingerprint density at radius 3 is 2.64 bits per heavy atom. The summed E-state index contributed by atoms with van der Waals surface area (Å²) in [6.07, 6.45) is 4.70. The molecule has 0 radical (unpaired) electrons. The molecule has 0 atom stereocenters. The van der Waals surface area contributed by atoms with E-state index in [1.807, 2.05) is 14.0 Å². The van der Waals surface area contributed by atoms with Crippen LogP contribution in [-0.4, -0.2) is 66.5 Å². The number of thiophene rings is 1. The average molecular weight is 364 g/mol. The number of anilines is 1. The molecule has 0 saturated heterocycles. The minimum atomic E-state index is 0.0764. The standard InChI is InChI=1S/C18H29N5OS/c1-6-7-11-23(5)18(24)15-13(2)14-16(19-9-8-10-22(3)4)20-12-21-17(14)25-15/h12H,6-11H2,1-5H3,(H,19,20,21). The zero-order chi connectivity index (χ0) is 18.4. The fourth-order valence-corrected chi connectivity index (χ4v) is 3.83. The predicted octanol–water partition coefficient (Wildman–Crippen LogP) is 3.24. The molecule has 0 aliphatic rings. The first kappa shape index (κ1) is 19.6. The highest BCUT2D eigenvalue weighted by Crippen LogP contribution is 2.33. The van der Waals surface area contributed by atoms with Crippen LogP contribution in [0.3, 0.4) is 0 Å². The molecule has 7 heteroatoms. The van der Waals surface area contributed by atoms with Gasteiger partial charge in [-0.05, 0) is 46.0 Å². The fourth-order valence-electron chi connectivity index (χ4n) is 2.68. The molecular weight excluding hydrogens is 334 g/mol. The van der Waals surface area contributed by atoms with Crippen LogP contribution >= 0.6 is 11.3 Å². The second-order valence-corrected chi connectivity index (χ2v) is 7.62. The van der Waals surface area contributed by atoms with Gasteiger partial charge in [0.05, 0.1) is 10.3 Å². The summed E-state index contributed by atoms with van der Waals surface area (Å²) in [6.45, 7) is 6.78. The third-order valence-corrected chi connectivity index (χ3v) is 5.38. The first-order valence-electron chi connectivity index (χ1n) is 8.83. The molecule has 2 aromatic heterocycles. The molecule has 6 nitrogen and oxygen atoms in total. The number of nitrogens with zero attached hydrogens (tertiary/aromatic N) is 4. The van der Waals surface area contributed by atoms with Crippen LogP contribution in [0.2, 0.25) is 0 Å². The van der Waals surface area contributed by atoms with E-state index in [1.165, 1.54) is 11.3 Å². The number of nitrogens with one attached hydrogen (secondary N) is 1. The Bertz CT molecular complexity index is 713. The van der Waals surface area contributed by atoms with Gasteiger partial charge in [-0.15, -0.1) is 11.3 Å². The molecular formula is C18H29N5OS. The van der Waals surface area contributed by atoms with E-state index in [9.17, 15) is 4.79 Å². The van der Waals surface area contributed by atoms with Crippen molar-refractivity contribution in [2.45, 2.75) is 33.1 Å². The van der Waals surface area contributed by atoms with Crippen LogP contribution in [0.15, 0.2) is 6.33 Å². The predicted molar refractivity (Wildman–Crippen MR) is 106 cm³/mol. The molecule has 1 N–H and O–H groups in total. The zero-order valence-electron chi connectivity index (χ0n) is 15.9. The van der Waals surface area contributed by atoms with Gasteiger partial charge in [-0.25, -0.2) is 9.97 Å². The zero-order valence-corrected chi connectivity index (χ0v) is 16.7. The molecule has 2 rings (SSSR count). The largest absolute Gasteiger partial charge is 0.369 e. The molecule has 0 aliphatic carbocycles. The summed E-state index contributed by atoms with van der Waals surface area (Å²) in [5.74, 6) is 0.903. The van der Waals surface area contributed by atoms with Gasteiger partial charge in [0.25, 0.3) is 5.91 Å². The van der Waals surface area contributed by atoms with Gasteiger partial charge in [-0.2, -0.15) is 0 Å². The third-order valence-electron chi connectivity index (χ3n) is 4.19. The highest BCUT2D eigenvalue weighted by atomic mass is 32.1. The normalized spacial score (nSPS) is 11.3. The number of fused-ring (bicyclic) bond motifs is 1. The van der Waals surface area contributed by atoms with Gasteiger partial charge in [-0.3, -0.25) is 4.79 Å². The van der Waals surface area contributed by atoms with E-state index in [-0.39, 0.29) is 5.91 Å². The van der Waals surface area contributed by atoms with Crippen LogP contribution in [0.4, 0.5) is 5.82 Å². The topological polar surface area (TPSA) is 61.4 Å². The van der Waals surface area contributed by atoms with Crippen LogP contribution in [0, 0.1) is 6.92 Å². The number of hydrogen-bond acceptors (Lipinski definition) is 6. The van der Waals surface area contributed by atoms with E-state index in [2.05, 4.69) is 41.2 Å². The second kappa shape index (κ2) is 9.10. The first-order valence-corrected chi connectivity index (χ1v) is 9.65. The molecule has 25 heavy (non-hydrogen) atoms. The maximum atomic E-state index is 12.7. The van der Waals surface area contributed by atoms with E-state index in [0.29, 0.717) is 0 Å². The number of unbranched alkanes of at least 4 members (excludes halogenated alkanes) is 1. The highest BCUT2D eigenvalue weighted by Gasteiger charge is 2.21. The molecule has 0 aromatic carbocycles. The van der Waals surface area contributed by atoms with Crippen molar-refractivity contribution in [1.29, 1.82) is 0 Å². The third kappa shape index (κ3) is 4.89. The Kier molecular flexibility index (Phi) is 7.13. The summed E-state index contributed by atoms with van der Waals surface area (Å²) in [5.41, 5.74) is 0.976. The molecule has 0 aliphatic heterocycles. The van der Waals surface area contributed by atoms with Gasteiger partial charge in [0.1, 0.15) is 17.0 Å². The summed E-state index contributed by atoms with van der Waals surface area (Å²) in [6, 6.07) is 0. The number of amides is 1. The van der Waals surface area contributed by atoms with Gasteiger partial charge < -0.3 is 15.1 Å². The van der Waals surface area contributed by atoms with Gasteiger partial charge in [0.15, 0.2) is 0 Å². The van der Waals surface area contributed by atoms with E-state index in [4.69, 9.17) is 0 Å². The maximum absolute atomic E-state index is 12.7. The first-order chi connectivity index (χ1) is 12.0. The Labute approximate surface area is 154 Å². The van der Waals surface area contributed by atoms with Crippen LogP contribution in [0.25, 0.3) is 10.2 Å². The lowest BCUT2D eigenvalue weighted by atomic mass is 10.2. The SMILES string of the molecule is CCCCN(C)C(=O)c1sc2ncnc(NCCCN(C)C)c2c1C. The summed E-state index contributed by atoms with van der Waals surface area (Å²) < 4.78 is 0. The Morgan fingerprint density at radius 2 is 1.96 bits per heavy atom. The molecule has 1 amide bonds. The van der Waals surface area contributed by atoms with Gasteiger partial charge in [-0.1, -0.05) is 13.3 Å². The van der Waals surface area contributed by atoms with Gasteiger partial charge in [0, 0.05) is 20.1 Å². The van der Waals surface area contributed by atoms with Crippen molar-refractivity contribution in [3.63, 3.8) is 0 Å². The smallest absolute Gasteiger partial charge is 0.264 e. The van der Waals surface area contributed by atoms with Gasteiger partial charge >= 0.3 is 0 Å². The van der Waals surface area contributed by atoms with Crippen molar-refractivity contribution in [1.82, 2.24) is 19.8 Å². The number of carbonyl (C=O) groups is 1. The number of carbonyl (C=O) groups excluding carboxylic acids is 1. The van der Waals surface area contributed by atoms with Crippen LogP contribution < -0.4 is 5.32 Å². The minimum absolute atomic E-state index is 0.0764. The number of hydrogen-bond donors (Lipinski definition) is 1. The monoisotopic (exact) mass is 363 g/mol. The van der Waals surface area contributed by atoms with Crippen molar-refractivity contribution in [2.24, 2.45) is 0 Å². The average Bonchev–Trinajstić information content (AvgIpc) is 2.93. The quantitative estimate of drug-likeness (QED) is 0.693. The second-order valence-electron chi connectivity index (χ2n) is 6.62. The summed E-state index contributed by atoms with van der Waals surface area (Å²) >= 11 is 1.46. The van der Waals surface area contributed by atoms with Crippen molar-refractivity contribution in [3.8, 4) is 0 Å². The van der Waals surface area contributed by atoms with E-state index in [0.717, 1.165) is 65.4 Å². The fraction of sp³-hybridized carbons (Fsp3) is 0.611. The summed E-state index contributed by atoms with van der Waals surface area (Å²) in [7, 11) is 6.01. The Balaban J connectivity index is 2.20. The van der Waals surface area contributed by atoms with Crippen LogP contribution in [-0.2, 0) is 0 Å². The summed E-state index contributed by atoms with van der Waals surface area (Å²) in [4.78, 5) is 27.1. The molecule has 0 unspecified atom stereocenters. The molecule has 0 spiro atoms. The number of aromatic nitrogens is 2. The summed E-state index contributed by atoms with van der Waals surface area (Å²) in [5, 5.41) is 4.38. The van der Waals surface area contributed by atoms with Gasteiger partial charge in [0.2, 0.25) is 0 Å². The molecule has 0 saturated carbocycles. The van der Waals surface area contributed by atoms with E-state index >= 15 is 0 Å². The lowest BCUT2D eigenvalue weighted by Gasteiger charge is -2.16. The van der Waals surface area contributed by atoms with Crippen LogP contribution in [0.5, 0.6) is 0 Å². The molecule has 0 fully saturated rings. The molecule has 2 heterocycles. The lowest BCUT2D eigenvalue weighted by Crippen LogP contribution is -2.27. The minimum Gasteiger partial charge on any atom is -0.369 e. The van der Waals surface area contributed by atoms with Crippen molar-refractivity contribution >= 4 is 33.3 Å². The van der Waals surface area contributed by atoms with E-state index < -0.39 is 0 Å². The molecule has 138 valence electrons. The van der Waals surface area contributed by atoms with Crippen molar-refractivity contribution < 1.29 is 4.79 Å². The number of aryl methyl sites for hydroxylation is 1. The Hall–Kier alpha value is -1.73. The van der Waals surface area contributed by atoms with Crippen molar-refractivity contribution in [2.75, 3.05) is 46.1 Å². The lowest BCUT2D eigenvalue weighted by molar-refractivity contribution is 0.0797. The van der Waals surface area contributed by atoms with E-state index in [1.54, 1.807) is 11.2 Å². The Morgan fingerprint density at radius 1 is 1.20 bits per heavy atom. The molecule has 2 aromatic rings. The van der Waals surface area contributed by atoms with Crippen LogP contribution in [0.1, 0.15) is 41.4 Å². The maximum Gasteiger partial charge on any atom is 0.264 e. The van der Waals surface area contributed by atoms with Crippen molar-refractivity contribution in [3.05, 3.63) is 16.8 Å². The number of rotatable bonds is 9. The highest BCUT2D eigenvalue weighted by molar-refractivity contribution is 7.20.